The first kappa shape index (κ1) is 21.8. The molecule has 1 aromatic carbocycles. The lowest BCUT2D eigenvalue weighted by Crippen LogP contribution is -2.68. The molecule has 1 aliphatic heterocycles. The van der Waals surface area contributed by atoms with Gasteiger partial charge in [0.15, 0.2) is 0 Å². The summed E-state index contributed by atoms with van der Waals surface area (Å²) in [5, 5.41) is 5.01. The maximum absolute atomic E-state index is 12.9. The molecule has 2 rings (SSSR count). The number of nitrogens with one attached hydrogen (secondary N) is 2. The number of nitrogens with zero attached hydrogens (tertiary/aromatic N) is 2. The second-order valence-corrected chi connectivity index (χ2v) is 8.83. The van der Waals surface area contributed by atoms with Gasteiger partial charge in [0.2, 0.25) is 27.7 Å². The van der Waals surface area contributed by atoms with Crippen molar-refractivity contribution in [2.45, 2.75) is 19.0 Å². The molecule has 11 heteroatoms. The molecule has 2 N–H and O–H groups in total. The number of likely N-dealkylation sites (N-methyl/N-ethyl adjacent to an activating group) is 1. The van der Waals surface area contributed by atoms with E-state index in [1.54, 1.807) is 0 Å². The van der Waals surface area contributed by atoms with Crippen molar-refractivity contribution >= 4 is 27.7 Å². The smallest absolute Gasteiger partial charge is 0.247 e. The first-order chi connectivity index (χ1) is 12.9. The van der Waals surface area contributed by atoms with E-state index in [1.807, 2.05) is 0 Å². The molecule has 0 saturated carbocycles. The Bertz CT molecular complexity index is 874. The lowest BCUT2D eigenvalue weighted by atomic mass is 9.96. The van der Waals surface area contributed by atoms with Crippen molar-refractivity contribution in [2.75, 3.05) is 32.9 Å². The second kappa shape index (κ2) is 8.23. The third-order valence-corrected chi connectivity index (χ3v) is 5.88. The SMILES string of the molecule is CN1C(=O)CN(S(C)(=O)=O)C[C@]1(C)C(=O)NCC(=O)NCc1ccc(F)cc1. The number of amides is 3. The highest BCUT2D eigenvalue weighted by molar-refractivity contribution is 7.88. The van der Waals surface area contributed by atoms with Gasteiger partial charge in [-0.2, -0.15) is 4.31 Å². The predicted octanol–water partition coefficient (Wildman–Crippen LogP) is -0.950. The van der Waals surface area contributed by atoms with Gasteiger partial charge in [-0.1, -0.05) is 12.1 Å². The predicted molar refractivity (Wildman–Crippen MR) is 98.8 cm³/mol. The summed E-state index contributed by atoms with van der Waals surface area (Å²) in [5.74, 6) is -2.03. The van der Waals surface area contributed by atoms with Crippen LogP contribution >= 0.6 is 0 Å². The van der Waals surface area contributed by atoms with Gasteiger partial charge in [0, 0.05) is 20.1 Å². The summed E-state index contributed by atoms with van der Waals surface area (Å²) >= 11 is 0. The average Bonchev–Trinajstić information content (AvgIpc) is 2.62. The average molecular weight is 414 g/mol. The van der Waals surface area contributed by atoms with Crippen LogP contribution in [0, 0.1) is 5.82 Å². The van der Waals surface area contributed by atoms with Crippen molar-refractivity contribution in [3.63, 3.8) is 0 Å². The number of hydrogen-bond acceptors (Lipinski definition) is 5. The highest BCUT2D eigenvalue weighted by atomic mass is 32.2. The minimum atomic E-state index is -3.66. The van der Waals surface area contributed by atoms with Gasteiger partial charge in [0.05, 0.1) is 19.3 Å². The zero-order valence-electron chi connectivity index (χ0n) is 15.9. The summed E-state index contributed by atoms with van der Waals surface area (Å²) in [7, 11) is -2.25. The Morgan fingerprint density at radius 1 is 1.21 bits per heavy atom. The van der Waals surface area contributed by atoms with Crippen LogP contribution in [-0.4, -0.2) is 73.8 Å². The van der Waals surface area contributed by atoms with Gasteiger partial charge in [-0.15, -0.1) is 0 Å². The van der Waals surface area contributed by atoms with Gasteiger partial charge in [0.1, 0.15) is 11.4 Å². The first-order valence-corrected chi connectivity index (χ1v) is 10.3. The summed E-state index contributed by atoms with van der Waals surface area (Å²) < 4.78 is 37.4. The van der Waals surface area contributed by atoms with Crippen molar-refractivity contribution < 1.29 is 27.2 Å². The van der Waals surface area contributed by atoms with Crippen molar-refractivity contribution in [3.8, 4) is 0 Å². The Hall–Kier alpha value is -2.53. The number of halogens is 1. The van der Waals surface area contributed by atoms with Gasteiger partial charge < -0.3 is 15.5 Å². The van der Waals surface area contributed by atoms with Crippen LogP contribution in [0.1, 0.15) is 12.5 Å². The Morgan fingerprint density at radius 2 is 1.82 bits per heavy atom. The summed E-state index contributed by atoms with van der Waals surface area (Å²) in [6, 6.07) is 5.59. The van der Waals surface area contributed by atoms with Crippen LogP contribution < -0.4 is 10.6 Å². The summed E-state index contributed by atoms with van der Waals surface area (Å²) in [4.78, 5) is 37.9. The third-order valence-electron chi connectivity index (χ3n) is 4.68. The quantitative estimate of drug-likeness (QED) is 0.623. The van der Waals surface area contributed by atoms with Crippen molar-refractivity contribution in [3.05, 3.63) is 35.6 Å². The monoisotopic (exact) mass is 414 g/mol. The number of hydrogen-bond donors (Lipinski definition) is 2. The van der Waals surface area contributed by atoms with E-state index in [1.165, 1.54) is 43.1 Å². The van der Waals surface area contributed by atoms with Crippen LogP contribution in [0.15, 0.2) is 24.3 Å². The minimum absolute atomic E-state index is 0.159. The molecule has 0 radical (unpaired) electrons. The summed E-state index contributed by atoms with van der Waals surface area (Å²) in [6.07, 6.45) is 0.965. The van der Waals surface area contributed by atoms with E-state index in [0.717, 1.165) is 10.6 Å². The number of benzene rings is 1. The molecule has 28 heavy (non-hydrogen) atoms. The molecule has 1 aromatic rings. The molecule has 154 valence electrons. The fraction of sp³-hybridized carbons (Fsp3) is 0.471. The number of carbonyl (C=O) groups is 3. The van der Waals surface area contributed by atoms with Crippen molar-refractivity contribution in [2.24, 2.45) is 0 Å². The normalized spacial score (nSPS) is 20.7. The Morgan fingerprint density at radius 3 is 2.39 bits per heavy atom. The van der Waals surface area contributed by atoms with Gasteiger partial charge in [-0.25, -0.2) is 12.8 Å². The van der Waals surface area contributed by atoms with Gasteiger partial charge in [-0.05, 0) is 24.6 Å². The summed E-state index contributed by atoms with van der Waals surface area (Å²) in [6.45, 7) is 0.699. The first-order valence-electron chi connectivity index (χ1n) is 8.45. The molecule has 0 bridgehead atoms. The minimum Gasteiger partial charge on any atom is -0.350 e. The number of rotatable bonds is 6. The van der Waals surface area contributed by atoms with Crippen LogP contribution in [0.25, 0.3) is 0 Å². The highest BCUT2D eigenvalue weighted by Gasteiger charge is 2.47. The molecule has 1 atom stereocenters. The molecule has 3 amide bonds. The topological polar surface area (TPSA) is 116 Å². The molecule has 0 spiro atoms. The molecule has 0 unspecified atom stereocenters. The standard InChI is InChI=1S/C17H23FN4O5S/c1-17(11-22(28(3,26)27)10-15(24)21(17)2)16(25)20-9-14(23)19-8-12-4-6-13(18)7-5-12/h4-7H,8-11H2,1-3H3,(H,19,23)(H,20,25)/t17-/m1/s1. The summed E-state index contributed by atoms with van der Waals surface area (Å²) in [5.41, 5.74) is -0.759. The van der Waals surface area contributed by atoms with Gasteiger partial charge >= 0.3 is 0 Å². The Balaban J connectivity index is 1.95. The molecule has 9 nitrogen and oxygen atoms in total. The second-order valence-electron chi connectivity index (χ2n) is 6.84. The van der Waals surface area contributed by atoms with Crippen LogP contribution in [0.5, 0.6) is 0 Å². The maximum Gasteiger partial charge on any atom is 0.247 e. The van der Waals surface area contributed by atoms with Crippen molar-refractivity contribution in [1.29, 1.82) is 0 Å². The zero-order chi connectivity index (χ0) is 21.1. The van der Waals surface area contributed by atoms with Gasteiger partial charge in [0.25, 0.3) is 0 Å². The molecular formula is C17H23FN4O5S. The van der Waals surface area contributed by atoms with Crippen molar-refractivity contribution in [1.82, 2.24) is 19.8 Å². The third kappa shape index (κ3) is 5.04. The number of sulfonamides is 1. The fourth-order valence-electron chi connectivity index (χ4n) is 2.71. The van der Waals surface area contributed by atoms with E-state index in [-0.39, 0.29) is 32.0 Å². The molecule has 1 aliphatic rings. The van der Waals surface area contributed by atoms with Gasteiger partial charge in [-0.3, -0.25) is 14.4 Å². The fourth-order valence-corrected chi connectivity index (χ4v) is 3.54. The molecule has 1 fully saturated rings. The van der Waals surface area contributed by atoms with E-state index in [9.17, 15) is 27.2 Å². The molecule has 1 saturated heterocycles. The molecule has 0 aliphatic carbocycles. The van der Waals surface area contributed by atoms with E-state index < -0.39 is 33.3 Å². The molecular weight excluding hydrogens is 391 g/mol. The van der Waals surface area contributed by atoms with Crippen LogP contribution in [0.2, 0.25) is 0 Å². The largest absolute Gasteiger partial charge is 0.350 e. The number of piperazine rings is 1. The van der Waals surface area contributed by atoms with E-state index in [2.05, 4.69) is 10.6 Å². The van der Waals surface area contributed by atoms with E-state index >= 15 is 0 Å². The number of carbonyl (C=O) groups excluding carboxylic acids is 3. The molecule has 0 aromatic heterocycles. The molecule has 1 heterocycles. The van der Waals surface area contributed by atoms with Crippen LogP contribution in [0.3, 0.4) is 0 Å². The lowest BCUT2D eigenvalue weighted by molar-refractivity contribution is -0.150. The highest BCUT2D eigenvalue weighted by Crippen LogP contribution is 2.22. The van der Waals surface area contributed by atoms with Crippen LogP contribution in [0.4, 0.5) is 4.39 Å². The zero-order valence-corrected chi connectivity index (χ0v) is 16.7. The van der Waals surface area contributed by atoms with Crippen LogP contribution in [-0.2, 0) is 31.0 Å². The van der Waals surface area contributed by atoms with E-state index in [0.29, 0.717) is 5.56 Å². The Kier molecular flexibility index (Phi) is 6.40. The maximum atomic E-state index is 12.9. The Labute approximate surface area is 162 Å². The lowest BCUT2D eigenvalue weighted by Gasteiger charge is -2.44. The van der Waals surface area contributed by atoms with E-state index in [4.69, 9.17) is 0 Å².